The summed E-state index contributed by atoms with van der Waals surface area (Å²) in [6.45, 7) is 4.88. The molecular weight excluding hydrogens is 442 g/mol. The first-order valence-electron chi connectivity index (χ1n) is 10.2. The smallest absolute Gasteiger partial charge is 0.326 e. The highest BCUT2D eigenvalue weighted by Crippen LogP contribution is 2.06. The zero-order chi connectivity index (χ0) is 25.9. The van der Waals surface area contributed by atoms with Crippen molar-refractivity contribution >= 4 is 35.6 Å². The van der Waals surface area contributed by atoms with Gasteiger partial charge in [0.05, 0.1) is 18.6 Å². The molecule has 5 unspecified atom stereocenters. The molecule has 0 aliphatic carbocycles. The molecule has 5 atom stereocenters. The second-order valence-electron chi connectivity index (χ2n) is 8.03. The van der Waals surface area contributed by atoms with Crippen molar-refractivity contribution in [2.45, 2.75) is 76.7 Å². The molecule has 0 rings (SSSR count). The van der Waals surface area contributed by atoms with Gasteiger partial charge < -0.3 is 42.7 Å². The van der Waals surface area contributed by atoms with Crippen LogP contribution in [0.2, 0.25) is 0 Å². The fourth-order valence-electron chi connectivity index (χ4n) is 2.74. The molecule has 0 aromatic heterocycles. The van der Waals surface area contributed by atoms with Crippen molar-refractivity contribution in [3.05, 3.63) is 0 Å². The van der Waals surface area contributed by atoms with Crippen molar-refractivity contribution < 1.29 is 44.1 Å². The van der Waals surface area contributed by atoms with Crippen molar-refractivity contribution in [2.24, 2.45) is 17.4 Å². The number of hydrogen-bond donors (Lipinski definition) is 8. The largest absolute Gasteiger partial charge is 0.481 e. The predicted octanol–water partition coefficient (Wildman–Crippen LogP) is -2.98. The third-order valence-corrected chi connectivity index (χ3v) is 4.43. The number of hydrogen-bond acceptors (Lipinski definition) is 8. The van der Waals surface area contributed by atoms with Crippen LogP contribution in [-0.4, -0.2) is 81.2 Å². The fraction of sp³-hybridized carbons (Fsp3) is 0.684. The molecule has 0 aliphatic heterocycles. The quantitative estimate of drug-likeness (QED) is 0.119. The van der Waals surface area contributed by atoms with Crippen LogP contribution in [0.15, 0.2) is 0 Å². The Morgan fingerprint density at radius 1 is 0.848 bits per heavy atom. The van der Waals surface area contributed by atoms with Crippen molar-refractivity contribution in [1.29, 1.82) is 0 Å². The minimum atomic E-state index is -1.80. The molecule has 188 valence electrons. The van der Waals surface area contributed by atoms with Gasteiger partial charge in [-0.3, -0.25) is 24.0 Å². The molecule has 14 nitrogen and oxygen atoms in total. The molecule has 0 fully saturated rings. The predicted molar refractivity (Wildman–Crippen MR) is 113 cm³/mol. The number of rotatable bonds is 15. The molecule has 33 heavy (non-hydrogen) atoms. The number of carbonyl (C=O) groups excluding carboxylic acids is 4. The number of carboxylic acids is 2. The summed E-state index contributed by atoms with van der Waals surface area (Å²) in [6.07, 6.45) is -2.75. The first kappa shape index (κ1) is 29.7. The molecule has 0 saturated heterocycles. The highest BCUT2D eigenvalue weighted by Gasteiger charge is 2.33. The van der Waals surface area contributed by atoms with Gasteiger partial charge in [-0.05, 0) is 25.7 Å². The van der Waals surface area contributed by atoms with Crippen molar-refractivity contribution in [3.63, 3.8) is 0 Å². The van der Waals surface area contributed by atoms with Crippen LogP contribution in [0, 0.1) is 5.92 Å². The summed E-state index contributed by atoms with van der Waals surface area (Å²) >= 11 is 0. The van der Waals surface area contributed by atoms with Gasteiger partial charge in [0, 0.05) is 6.42 Å². The summed E-state index contributed by atoms with van der Waals surface area (Å²) in [4.78, 5) is 70.6. The van der Waals surface area contributed by atoms with Crippen LogP contribution < -0.4 is 27.4 Å². The molecule has 0 heterocycles. The Morgan fingerprint density at radius 3 is 1.82 bits per heavy atom. The van der Waals surface area contributed by atoms with E-state index >= 15 is 0 Å². The second-order valence-corrected chi connectivity index (χ2v) is 8.03. The van der Waals surface area contributed by atoms with Crippen LogP contribution in [0.1, 0.15) is 46.5 Å². The summed E-state index contributed by atoms with van der Waals surface area (Å²) in [6, 6.07) is -5.79. The molecule has 0 bridgehead atoms. The number of primary amides is 1. The lowest BCUT2D eigenvalue weighted by atomic mass is 10.0. The van der Waals surface area contributed by atoms with Gasteiger partial charge in [-0.25, -0.2) is 4.79 Å². The van der Waals surface area contributed by atoms with E-state index in [1.165, 1.54) is 6.92 Å². The first-order chi connectivity index (χ1) is 15.1. The van der Waals surface area contributed by atoms with Crippen LogP contribution in [0.3, 0.4) is 0 Å². The lowest BCUT2D eigenvalue weighted by Gasteiger charge is -2.26. The van der Waals surface area contributed by atoms with Gasteiger partial charge in [-0.15, -0.1) is 0 Å². The van der Waals surface area contributed by atoms with Gasteiger partial charge in [0.15, 0.2) is 0 Å². The third kappa shape index (κ3) is 11.8. The summed E-state index contributed by atoms with van der Waals surface area (Å²) in [5, 5.41) is 34.3. The lowest BCUT2D eigenvalue weighted by Crippen LogP contribution is -2.60. The van der Waals surface area contributed by atoms with Gasteiger partial charge >= 0.3 is 11.9 Å². The van der Waals surface area contributed by atoms with Crippen molar-refractivity contribution in [3.8, 4) is 0 Å². The standard InChI is InChI=1S/C19H33N5O9/c1-8(2)6-10(20)16(29)24-15(9(3)25)18(31)22-11(4-5-13(21)26)17(30)23-12(19(32)33)7-14(27)28/h8-12,15,25H,4-7,20H2,1-3H3,(H2,21,26)(H,22,31)(H,23,30)(H,24,29)(H,27,28)(H,32,33). The highest BCUT2D eigenvalue weighted by atomic mass is 16.4. The number of carbonyl (C=O) groups is 6. The van der Waals surface area contributed by atoms with E-state index in [2.05, 4.69) is 10.6 Å². The maximum absolute atomic E-state index is 12.7. The number of carboxylic acid groups (broad SMARTS) is 2. The van der Waals surface area contributed by atoms with E-state index in [4.69, 9.17) is 21.7 Å². The van der Waals surface area contributed by atoms with E-state index in [-0.39, 0.29) is 18.8 Å². The van der Waals surface area contributed by atoms with E-state index in [0.29, 0.717) is 6.42 Å². The Hall–Kier alpha value is -3.26. The van der Waals surface area contributed by atoms with Gasteiger partial charge in [0.1, 0.15) is 18.1 Å². The van der Waals surface area contributed by atoms with Crippen LogP contribution in [0.4, 0.5) is 0 Å². The van der Waals surface area contributed by atoms with Crippen LogP contribution >= 0.6 is 0 Å². The number of nitrogens with one attached hydrogen (secondary N) is 3. The molecule has 14 heteroatoms. The number of aliphatic hydroxyl groups excluding tert-OH is 1. The summed E-state index contributed by atoms with van der Waals surface area (Å²) in [5.74, 6) is -6.67. The van der Waals surface area contributed by atoms with Gasteiger partial charge in [0.25, 0.3) is 0 Å². The molecule has 0 spiro atoms. The SMILES string of the molecule is CC(C)CC(N)C(=O)NC(C(=O)NC(CCC(N)=O)C(=O)NC(CC(=O)O)C(=O)O)C(C)O. The van der Waals surface area contributed by atoms with Crippen molar-refractivity contribution in [2.75, 3.05) is 0 Å². The topological polar surface area (TPSA) is 251 Å². The maximum Gasteiger partial charge on any atom is 0.326 e. The Balaban J connectivity index is 5.52. The fourth-order valence-corrected chi connectivity index (χ4v) is 2.74. The average molecular weight is 475 g/mol. The maximum atomic E-state index is 12.7. The zero-order valence-corrected chi connectivity index (χ0v) is 18.7. The molecular formula is C19H33N5O9. The lowest BCUT2D eigenvalue weighted by molar-refractivity contribution is -0.147. The normalized spacial score (nSPS) is 15.5. The van der Waals surface area contributed by atoms with E-state index in [1.807, 2.05) is 19.2 Å². The second kappa shape index (κ2) is 14.0. The monoisotopic (exact) mass is 475 g/mol. The molecule has 0 aliphatic rings. The molecule has 0 saturated carbocycles. The Morgan fingerprint density at radius 2 is 1.39 bits per heavy atom. The third-order valence-electron chi connectivity index (χ3n) is 4.43. The van der Waals surface area contributed by atoms with Crippen molar-refractivity contribution in [1.82, 2.24) is 16.0 Å². The summed E-state index contributed by atoms with van der Waals surface area (Å²) < 4.78 is 0. The number of aliphatic carboxylic acids is 2. The van der Waals surface area contributed by atoms with E-state index < -0.39 is 72.3 Å². The minimum Gasteiger partial charge on any atom is -0.481 e. The van der Waals surface area contributed by atoms with Crippen LogP contribution in [0.25, 0.3) is 0 Å². The molecule has 0 radical (unpaired) electrons. The van der Waals surface area contributed by atoms with Gasteiger partial charge in [-0.1, -0.05) is 13.8 Å². The molecule has 0 aromatic carbocycles. The van der Waals surface area contributed by atoms with E-state index in [0.717, 1.165) is 0 Å². The van der Waals surface area contributed by atoms with Gasteiger partial charge in [0.2, 0.25) is 23.6 Å². The zero-order valence-electron chi connectivity index (χ0n) is 18.7. The summed E-state index contributed by atoms with van der Waals surface area (Å²) in [5.41, 5.74) is 10.8. The van der Waals surface area contributed by atoms with Gasteiger partial charge in [-0.2, -0.15) is 0 Å². The Kier molecular flexibility index (Phi) is 12.6. The van der Waals surface area contributed by atoms with Crippen LogP contribution in [-0.2, 0) is 28.8 Å². The summed E-state index contributed by atoms with van der Waals surface area (Å²) in [7, 11) is 0. The molecule has 0 aromatic rings. The average Bonchev–Trinajstić information content (AvgIpc) is 2.66. The Labute approximate surface area is 190 Å². The van der Waals surface area contributed by atoms with E-state index in [9.17, 15) is 33.9 Å². The number of nitrogens with two attached hydrogens (primary N) is 2. The van der Waals surface area contributed by atoms with Crippen LogP contribution in [0.5, 0.6) is 0 Å². The number of amides is 4. The minimum absolute atomic E-state index is 0.0828. The number of aliphatic hydroxyl groups is 1. The van der Waals surface area contributed by atoms with E-state index in [1.54, 1.807) is 0 Å². The molecule has 4 amide bonds. The first-order valence-corrected chi connectivity index (χ1v) is 10.2. The Bertz CT molecular complexity index is 741. The highest BCUT2D eigenvalue weighted by molar-refractivity contribution is 5.95. The molecule has 10 N–H and O–H groups in total.